The number of hydrogen-bond donors (Lipinski definition) is 2. The second kappa shape index (κ2) is 2.88. The zero-order valence-electron chi connectivity index (χ0n) is 7.52. The minimum atomic E-state index is -1.41. The Morgan fingerprint density at radius 3 is 2.42 bits per heavy atom. The molecule has 0 unspecified atom stereocenters. The lowest BCUT2D eigenvalue weighted by Crippen LogP contribution is -2.39. The first-order valence-electron chi connectivity index (χ1n) is 3.82. The van der Waals surface area contributed by atoms with Crippen molar-refractivity contribution in [2.24, 2.45) is 0 Å². The summed E-state index contributed by atoms with van der Waals surface area (Å²) in [4.78, 5) is 0. The van der Waals surface area contributed by atoms with E-state index in [0.29, 0.717) is 0 Å². The number of aliphatic hydroxyl groups excluding tert-OH is 1. The summed E-state index contributed by atoms with van der Waals surface area (Å²) in [5.74, 6) is 0. The Morgan fingerprint density at radius 2 is 2.08 bits per heavy atom. The van der Waals surface area contributed by atoms with Gasteiger partial charge in [-0.15, -0.1) is 0 Å². The average Bonchev–Trinajstić information content (AvgIpc) is 2.35. The molecule has 4 nitrogen and oxygen atoms in total. The van der Waals surface area contributed by atoms with Crippen LogP contribution in [0.5, 0.6) is 0 Å². The summed E-state index contributed by atoms with van der Waals surface area (Å²) in [5.41, 5.74) is 0.234. The zero-order chi connectivity index (χ0) is 9.35. The van der Waals surface area contributed by atoms with Gasteiger partial charge in [-0.2, -0.15) is 5.10 Å². The van der Waals surface area contributed by atoms with Gasteiger partial charge in [0.25, 0.3) is 0 Å². The molecule has 0 saturated carbocycles. The minimum Gasteiger partial charge on any atom is -0.366 e. The van der Waals surface area contributed by atoms with Crippen LogP contribution in [0.4, 0.5) is 0 Å². The molecule has 0 radical (unpaired) electrons. The number of nitrogens with zero attached hydrogens (tertiary/aromatic N) is 2. The van der Waals surface area contributed by atoms with E-state index in [2.05, 4.69) is 5.10 Å². The Hall–Kier alpha value is -0.870. The number of aryl methyl sites for hydroxylation is 1. The fourth-order valence-electron chi connectivity index (χ4n) is 0.846. The van der Waals surface area contributed by atoms with Crippen molar-refractivity contribution in [1.29, 1.82) is 0 Å². The van der Waals surface area contributed by atoms with Crippen LogP contribution in [0.15, 0.2) is 12.4 Å². The third kappa shape index (κ3) is 1.49. The number of aromatic nitrogens is 2. The summed E-state index contributed by atoms with van der Waals surface area (Å²) >= 11 is 0. The summed E-state index contributed by atoms with van der Waals surface area (Å²) in [5, 5.41) is 22.1. The molecule has 1 heterocycles. The lowest BCUT2D eigenvalue weighted by molar-refractivity contribution is -0.117. The molecule has 0 bridgehead atoms. The van der Waals surface area contributed by atoms with Crippen molar-refractivity contribution in [2.75, 3.05) is 0 Å². The third-order valence-electron chi connectivity index (χ3n) is 1.93. The first-order chi connectivity index (χ1) is 5.44. The van der Waals surface area contributed by atoms with Gasteiger partial charge in [0.2, 0.25) is 0 Å². The van der Waals surface area contributed by atoms with Crippen LogP contribution in [0.2, 0.25) is 0 Å². The lowest BCUT2D eigenvalue weighted by atomic mass is 10.1. The highest BCUT2D eigenvalue weighted by atomic mass is 16.5. The maximum Gasteiger partial charge on any atom is 0.176 e. The molecule has 0 aliphatic heterocycles. The highest BCUT2D eigenvalue weighted by Gasteiger charge is 2.28. The summed E-state index contributed by atoms with van der Waals surface area (Å²) in [6, 6.07) is 0. The van der Waals surface area contributed by atoms with Crippen LogP contribution in [0, 0.1) is 6.92 Å². The van der Waals surface area contributed by atoms with Crippen LogP contribution in [-0.2, 0) is 5.54 Å². The van der Waals surface area contributed by atoms with Crippen molar-refractivity contribution < 1.29 is 10.2 Å². The Bertz CT molecular complexity index is 266. The first kappa shape index (κ1) is 9.22. The smallest absolute Gasteiger partial charge is 0.176 e. The number of aliphatic hydroxyl groups is 2. The van der Waals surface area contributed by atoms with Crippen molar-refractivity contribution in [3.63, 3.8) is 0 Å². The lowest BCUT2D eigenvalue weighted by Gasteiger charge is -2.26. The van der Waals surface area contributed by atoms with Gasteiger partial charge in [-0.3, -0.25) is 4.68 Å². The molecular formula is C8H14N2O2. The molecule has 0 spiro atoms. The monoisotopic (exact) mass is 170 g/mol. The second-order valence-corrected chi connectivity index (χ2v) is 3.49. The Kier molecular flexibility index (Phi) is 2.21. The normalized spacial score (nSPS) is 12.5. The van der Waals surface area contributed by atoms with Gasteiger partial charge in [0.15, 0.2) is 6.29 Å². The Labute approximate surface area is 71.5 Å². The molecule has 12 heavy (non-hydrogen) atoms. The molecule has 1 aromatic rings. The van der Waals surface area contributed by atoms with E-state index < -0.39 is 11.8 Å². The topological polar surface area (TPSA) is 58.3 Å². The van der Waals surface area contributed by atoms with E-state index in [1.165, 1.54) is 0 Å². The fourth-order valence-corrected chi connectivity index (χ4v) is 0.846. The van der Waals surface area contributed by atoms with Crippen molar-refractivity contribution in [3.8, 4) is 0 Å². The van der Waals surface area contributed by atoms with Crippen molar-refractivity contribution in [1.82, 2.24) is 9.78 Å². The van der Waals surface area contributed by atoms with E-state index in [4.69, 9.17) is 10.2 Å². The van der Waals surface area contributed by atoms with E-state index in [9.17, 15) is 0 Å². The van der Waals surface area contributed by atoms with Crippen LogP contribution in [0.25, 0.3) is 0 Å². The predicted octanol–water partition coefficient (Wildman–Crippen LogP) is 0.237. The van der Waals surface area contributed by atoms with Gasteiger partial charge in [-0.1, -0.05) is 0 Å². The molecule has 1 aromatic heterocycles. The molecule has 1 rings (SSSR count). The van der Waals surface area contributed by atoms with Crippen molar-refractivity contribution in [3.05, 3.63) is 18.0 Å². The van der Waals surface area contributed by atoms with Gasteiger partial charge in [-0.05, 0) is 26.3 Å². The molecule has 0 amide bonds. The van der Waals surface area contributed by atoms with Gasteiger partial charge >= 0.3 is 0 Å². The standard InChI is InChI=1S/C8H14N2O2/c1-6-4-9-10(5-6)8(2,3)7(11)12/h4-5,7,11-12H,1-3H3. The largest absolute Gasteiger partial charge is 0.366 e. The average molecular weight is 170 g/mol. The van der Waals surface area contributed by atoms with Crippen LogP contribution in [-0.4, -0.2) is 26.3 Å². The predicted molar refractivity (Wildman–Crippen MR) is 44.5 cm³/mol. The van der Waals surface area contributed by atoms with E-state index in [0.717, 1.165) is 5.56 Å². The third-order valence-corrected chi connectivity index (χ3v) is 1.93. The second-order valence-electron chi connectivity index (χ2n) is 3.49. The molecule has 0 atom stereocenters. The quantitative estimate of drug-likeness (QED) is 0.625. The van der Waals surface area contributed by atoms with Gasteiger partial charge in [-0.25, -0.2) is 0 Å². The van der Waals surface area contributed by atoms with Crippen LogP contribution in [0.1, 0.15) is 19.4 Å². The minimum absolute atomic E-state index is 0.770. The maximum absolute atomic E-state index is 9.04. The van der Waals surface area contributed by atoms with E-state index in [1.54, 1.807) is 30.9 Å². The van der Waals surface area contributed by atoms with Gasteiger partial charge in [0.05, 0.1) is 6.20 Å². The molecule has 0 fully saturated rings. The van der Waals surface area contributed by atoms with Crippen LogP contribution in [0.3, 0.4) is 0 Å². The number of hydrogen-bond acceptors (Lipinski definition) is 3. The van der Waals surface area contributed by atoms with E-state index >= 15 is 0 Å². The molecule has 4 heteroatoms. The van der Waals surface area contributed by atoms with Crippen LogP contribution < -0.4 is 0 Å². The summed E-state index contributed by atoms with van der Waals surface area (Å²) in [6.45, 7) is 5.33. The summed E-state index contributed by atoms with van der Waals surface area (Å²) in [7, 11) is 0. The maximum atomic E-state index is 9.04. The van der Waals surface area contributed by atoms with Crippen molar-refractivity contribution >= 4 is 0 Å². The first-order valence-corrected chi connectivity index (χ1v) is 3.82. The van der Waals surface area contributed by atoms with Gasteiger partial charge < -0.3 is 10.2 Å². The molecule has 2 N–H and O–H groups in total. The highest BCUT2D eigenvalue weighted by molar-refractivity contribution is 5.02. The SMILES string of the molecule is Cc1cnn(C(C)(C)C(O)O)c1. The Morgan fingerprint density at radius 1 is 1.50 bits per heavy atom. The summed E-state index contributed by atoms with van der Waals surface area (Å²) in [6.07, 6.45) is 2.06. The molecule has 0 saturated heterocycles. The van der Waals surface area contributed by atoms with Crippen LogP contribution >= 0.6 is 0 Å². The highest BCUT2D eigenvalue weighted by Crippen LogP contribution is 2.17. The zero-order valence-corrected chi connectivity index (χ0v) is 7.52. The van der Waals surface area contributed by atoms with Gasteiger partial charge in [0.1, 0.15) is 5.54 Å². The molecule has 0 aliphatic rings. The van der Waals surface area contributed by atoms with E-state index in [1.807, 2.05) is 6.92 Å². The Balaban J connectivity index is 2.97. The fraction of sp³-hybridized carbons (Fsp3) is 0.625. The van der Waals surface area contributed by atoms with Gasteiger partial charge in [0, 0.05) is 6.20 Å². The summed E-state index contributed by atoms with van der Waals surface area (Å²) < 4.78 is 1.55. The molecule has 0 aromatic carbocycles. The van der Waals surface area contributed by atoms with Crippen molar-refractivity contribution in [2.45, 2.75) is 32.6 Å². The molecular weight excluding hydrogens is 156 g/mol. The molecule has 68 valence electrons. The molecule has 0 aliphatic carbocycles. The number of rotatable bonds is 2. The van der Waals surface area contributed by atoms with E-state index in [-0.39, 0.29) is 0 Å².